The van der Waals surface area contributed by atoms with Crippen LogP contribution in [0.4, 0.5) is 0 Å². The maximum atomic E-state index is 7.52. The van der Waals surface area contributed by atoms with Gasteiger partial charge in [-0.2, -0.15) is 0 Å². The molecular weight excluding hydrogens is 432 g/mol. The number of amidine groups is 2. The maximum absolute atomic E-state index is 7.52. The van der Waals surface area contributed by atoms with E-state index >= 15 is 0 Å². The Bertz CT molecular complexity index is 941. The Balaban J connectivity index is 0.00000225. The number of rotatable bonds is 4. The van der Waals surface area contributed by atoms with Gasteiger partial charge in [0.2, 0.25) is 0 Å². The predicted molar refractivity (Wildman–Crippen MR) is 116 cm³/mol. The van der Waals surface area contributed by atoms with Crippen molar-refractivity contribution in [3.8, 4) is 22.6 Å². The van der Waals surface area contributed by atoms with E-state index in [1.54, 1.807) is 48.5 Å². The summed E-state index contributed by atoms with van der Waals surface area (Å²) in [5.41, 5.74) is 14.1. The zero-order chi connectivity index (χ0) is 17.3. The van der Waals surface area contributed by atoms with Gasteiger partial charge in [-0.05, 0) is 18.2 Å². The SMILES string of the molecule is Cl.Cl.Cl.N=C(N)c1ccc(-c2cc(-c3cc(C(=N)N)ccc3Cl)no2)cc1. The Hall–Kier alpha value is -2.25. The van der Waals surface area contributed by atoms with Gasteiger partial charge in [-0.15, -0.1) is 37.2 Å². The van der Waals surface area contributed by atoms with Crippen LogP contribution in [0, 0.1) is 10.8 Å². The van der Waals surface area contributed by atoms with E-state index in [0.717, 1.165) is 5.56 Å². The van der Waals surface area contributed by atoms with Crippen LogP contribution >= 0.6 is 48.8 Å². The van der Waals surface area contributed by atoms with Crippen molar-refractivity contribution in [3.05, 3.63) is 64.7 Å². The van der Waals surface area contributed by atoms with Crippen molar-refractivity contribution in [2.45, 2.75) is 0 Å². The first-order valence-electron chi connectivity index (χ1n) is 7.01. The van der Waals surface area contributed by atoms with Crippen LogP contribution in [0.15, 0.2) is 53.1 Å². The molecule has 0 amide bonds. The number of halogens is 4. The van der Waals surface area contributed by atoms with Crippen molar-refractivity contribution in [1.29, 1.82) is 10.8 Å². The highest BCUT2D eigenvalue weighted by atomic mass is 35.5. The molecule has 0 unspecified atom stereocenters. The lowest BCUT2D eigenvalue weighted by molar-refractivity contribution is 0.435. The zero-order valence-corrected chi connectivity index (χ0v) is 16.9. The van der Waals surface area contributed by atoms with Crippen LogP contribution in [0.2, 0.25) is 5.02 Å². The molecule has 0 fully saturated rings. The van der Waals surface area contributed by atoms with Gasteiger partial charge in [0.15, 0.2) is 5.76 Å². The average Bonchev–Trinajstić information content (AvgIpc) is 3.05. The standard InChI is InChI=1S/C17H14ClN5O.3ClH/c18-13-6-5-11(17(21)22)7-12(13)14-8-15(24-23-14)9-1-3-10(4-2-9)16(19)20;;;/h1-8H,(H3,19,20)(H3,21,22);3*1H. The molecule has 0 aliphatic rings. The number of nitrogen functional groups attached to an aromatic ring is 2. The van der Waals surface area contributed by atoms with Gasteiger partial charge >= 0.3 is 0 Å². The maximum Gasteiger partial charge on any atom is 0.167 e. The van der Waals surface area contributed by atoms with Crippen molar-refractivity contribution in [2.24, 2.45) is 11.5 Å². The number of hydrogen-bond acceptors (Lipinski definition) is 4. The van der Waals surface area contributed by atoms with E-state index in [1.165, 1.54) is 0 Å². The third-order valence-corrected chi connectivity index (χ3v) is 3.87. The molecule has 144 valence electrons. The van der Waals surface area contributed by atoms with Gasteiger partial charge in [0, 0.05) is 28.3 Å². The molecular formula is C17H17Cl4N5O. The highest BCUT2D eigenvalue weighted by molar-refractivity contribution is 6.33. The van der Waals surface area contributed by atoms with E-state index in [9.17, 15) is 0 Å². The molecule has 3 rings (SSSR count). The van der Waals surface area contributed by atoms with E-state index in [0.29, 0.717) is 33.2 Å². The van der Waals surface area contributed by atoms with Crippen molar-refractivity contribution in [2.75, 3.05) is 0 Å². The third kappa shape index (κ3) is 5.37. The highest BCUT2D eigenvalue weighted by Crippen LogP contribution is 2.31. The molecule has 10 heteroatoms. The van der Waals surface area contributed by atoms with Crippen LogP contribution < -0.4 is 11.5 Å². The fourth-order valence-corrected chi connectivity index (χ4v) is 2.46. The van der Waals surface area contributed by atoms with Crippen molar-refractivity contribution >= 4 is 60.5 Å². The van der Waals surface area contributed by atoms with E-state index in [4.69, 9.17) is 38.4 Å². The van der Waals surface area contributed by atoms with E-state index < -0.39 is 0 Å². The normalized spacial score (nSPS) is 9.37. The van der Waals surface area contributed by atoms with Crippen molar-refractivity contribution in [3.63, 3.8) is 0 Å². The number of nitrogens with zero attached hydrogens (tertiary/aromatic N) is 1. The Morgan fingerprint density at radius 2 is 1.41 bits per heavy atom. The molecule has 27 heavy (non-hydrogen) atoms. The van der Waals surface area contributed by atoms with E-state index in [1.807, 2.05) is 0 Å². The summed E-state index contributed by atoms with van der Waals surface area (Å²) in [6.07, 6.45) is 0. The van der Waals surface area contributed by atoms with E-state index in [-0.39, 0.29) is 48.9 Å². The number of benzene rings is 2. The van der Waals surface area contributed by atoms with Gasteiger partial charge in [-0.25, -0.2) is 0 Å². The summed E-state index contributed by atoms with van der Waals surface area (Å²) in [7, 11) is 0. The van der Waals surface area contributed by atoms with Crippen LogP contribution in [0.25, 0.3) is 22.6 Å². The molecule has 0 spiro atoms. The molecule has 0 bridgehead atoms. The minimum atomic E-state index is -0.0449. The minimum absolute atomic E-state index is 0. The van der Waals surface area contributed by atoms with Gasteiger partial charge < -0.3 is 16.0 Å². The first-order chi connectivity index (χ1) is 11.5. The second kappa shape index (κ2) is 10.2. The summed E-state index contributed by atoms with van der Waals surface area (Å²) in [6, 6.07) is 13.9. The molecule has 6 N–H and O–H groups in total. The smallest absolute Gasteiger partial charge is 0.167 e. The fourth-order valence-electron chi connectivity index (χ4n) is 2.24. The molecule has 0 saturated carbocycles. The summed E-state index contributed by atoms with van der Waals surface area (Å²) < 4.78 is 5.38. The first-order valence-corrected chi connectivity index (χ1v) is 7.39. The molecule has 0 aliphatic heterocycles. The second-order valence-corrected chi connectivity index (χ2v) is 5.58. The topological polar surface area (TPSA) is 126 Å². The lowest BCUT2D eigenvalue weighted by atomic mass is 10.1. The quantitative estimate of drug-likeness (QED) is 0.346. The van der Waals surface area contributed by atoms with Crippen LogP contribution in [0.3, 0.4) is 0 Å². The summed E-state index contributed by atoms with van der Waals surface area (Å²) in [5.74, 6) is 0.522. The average molecular weight is 449 g/mol. The molecule has 3 aromatic rings. The molecule has 0 aliphatic carbocycles. The largest absolute Gasteiger partial charge is 0.384 e. The molecule has 1 aromatic heterocycles. The molecule has 6 nitrogen and oxygen atoms in total. The molecule has 0 saturated heterocycles. The number of hydrogen-bond donors (Lipinski definition) is 4. The van der Waals surface area contributed by atoms with Crippen LogP contribution in [-0.4, -0.2) is 16.8 Å². The lowest BCUT2D eigenvalue weighted by Crippen LogP contribution is -2.10. The Labute approximate surface area is 179 Å². The van der Waals surface area contributed by atoms with Gasteiger partial charge in [-0.3, -0.25) is 10.8 Å². The minimum Gasteiger partial charge on any atom is -0.384 e. The zero-order valence-electron chi connectivity index (χ0n) is 13.7. The van der Waals surface area contributed by atoms with Gasteiger partial charge in [-0.1, -0.05) is 41.0 Å². The Morgan fingerprint density at radius 1 is 0.852 bits per heavy atom. The number of nitrogens with two attached hydrogens (primary N) is 2. The third-order valence-electron chi connectivity index (χ3n) is 3.54. The van der Waals surface area contributed by atoms with Gasteiger partial charge in [0.05, 0.1) is 5.02 Å². The molecule has 0 atom stereocenters. The summed E-state index contributed by atoms with van der Waals surface area (Å²) in [4.78, 5) is 0. The monoisotopic (exact) mass is 447 g/mol. The van der Waals surface area contributed by atoms with E-state index in [2.05, 4.69) is 5.16 Å². The Kier molecular flexibility index (Phi) is 9.33. The fraction of sp³-hybridized carbons (Fsp3) is 0. The molecule has 1 heterocycles. The second-order valence-electron chi connectivity index (χ2n) is 5.18. The summed E-state index contributed by atoms with van der Waals surface area (Å²) in [5, 5.41) is 19.5. The van der Waals surface area contributed by atoms with Crippen LogP contribution in [0.1, 0.15) is 11.1 Å². The summed E-state index contributed by atoms with van der Waals surface area (Å²) in [6.45, 7) is 0. The summed E-state index contributed by atoms with van der Waals surface area (Å²) >= 11 is 6.22. The van der Waals surface area contributed by atoms with Crippen LogP contribution in [-0.2, 0) is 0 Å². The number of aromatic nitrogens is 1. The van der Waals surface area contributed by atoms with Crippen molar-refractivity contribution < 1.29 is 4.52 Å². The van der Waals surface area contributed by atoms with Gasteiger partial charge in [0.25, 0.3) is 0 Å². The lowest BCUT2D eigenvalue weighted by Gasteiger charge is -2.03. The highest BCUT2D eigenvalue weighted by Gasteiger charge is 2.13. The first kappa shape index (κ1) is 24.8. The molecule has 2 aromatic carbocycles. The Morgan fingerprint density at radius 3 is 1.96 bits per heavy atom. The van der Waals surface area contributed by atoms with Gasteiger partial charge in [0.1, 0.15) is 17.4 Å². The predicted octanol–water partition coefficient (Wildman–Crippen LogP) is 4.50. The number of nitrogens with one attached hydrogen (secondary N) is 2. The van der Waals surface area contributed by atoms with Crippen molar-refractivity contribution in [1.82, 2.24) is 5.16 Å². The van der Waals surface area contributed by atoms with Crippen LogP contribution in [0.5, 0.6) is 0 Å². The molecule has 0 radical (unpaired) electrons.